The van der Waals surface area contributed by atoms with Crippen LogP contribution in [0.2, 0.25) is 15.1 Å². The van der Waals surface area contributed by atoms with Gasteiger partial charge in [0.1, 0.15) is 5.03 Å². The number of nitrogens with one attached hydrogen (secondary N) is 1. The van der Waals surface area contributed by atoms with Crippen LogP contribution in [0, 0.1) is 0 Å². The van der Waals surface area contributed by atoms with Crippen molar-refractivity contribution in [3.63, 3.8) is 0 Å². The average molecular weight is 495 g/mol. The highest BCUT2D eigenvalue weighted by molar-refractivity contribution is 8.00. The Hall–Kier alpha value is -1.83. The first-order valence-corrected chi connectivity index (χ1v) is 11.7. The molecular weight excluding hydrogens is 481 g/mol. The van der Waals surface area contributed by atoms with Crippen LogP contribution in [-0.2, 0) is 4.79 Å². The van der Waals surface area contributed by atoms with Crippen molar-refractivity contribution in [3.05, 3.63) is 69.0 Å². The highest BCUT2D eigenvalue weighted by Crippen LogP contribution is 2.35. The summed E-state index contributed by atoms with van der Waals surface area (Å²) in [6, 6.07) is 14.7. The maximum absolute atomic E-state index is 12.8. The summed E-state index contributed by atoms with van der Waals surface area (Å²) in [6.45, 7) is 1.81. The molecule has 0 aliphatic carbocycles. The minimum Gasteiger partial charge on any atom is -0.324 e. The van der Waals surface area contributed by atoms with Gasteiger partial charge in [-0.25, -0.2) is 9.97 Å². The molecule has 4 aromatic rings. The van der Waals surface area contributed by atoms with Crippen molar-refractivity contribution >= 4 is 80.4 Å². The number of para-hydroxylation sites is 1. The predicted octanol–water partition coefficient (Wildman–Crippen LogP) is 7.44. The SMILES string of the molecule is CC(Sc1nc(-c2cccs2)nc2ccccc12)C(=O)Nc1cc(Cl)c(Cl)cc1Cl. The molecule has 0 saturated carbocycles. The number of fused-ring (bicyclic) bond motifs is 1. The third-order valence-corrected chi connectivity index (χ3v) is 7.24. The molecule has 4 rings (SSSR count). The van der Waals surface area contributed by atoms with E-state index in [-0.39, 0.29) is 5.91 Å². The number of hydrogen-bond acceptors (Lipinski definition) is 5. The molecule has 9 heteroatoms. The summed E-state index contributed by atoms with van der Waals surface area (Å²) in [5, 5.41) is 6.97. The fourth-order valence-electron chi connectivity index (χ4n) is 2.73. The van der Waals surface area contributed by atoms with Gasteiger partial charge in [0, 0.05) is 5.39 Å². The summed E-state index contributed by atoms with van der Waals surface area (Å²) in [5.74, 6) is 0.423. The normalized spacial score (nSPS) is 12.1. The number of anilines is 1. The van der Waals surface area contributed by atoms with Gasteiger partial charge >= 0.3 is 0 Å². The zero-order chi connectivity index (χ0) is 21.3. The van der Waals surface area contributed by atoms with Crippen LogP contribution < -0.4 is 5.32 Å². The highest BCUT2D eigenvalue weighted by atomic mass is 35.5. The number of rotatable bonds is 5. The van der Waals surface area contributed by atoms with E-state index in [9.17, 15) is 4.79 Å². The molecule has 2 aromatic heterocycles. The topological polar surface area (TPSA) is 54.9 Å². The number of carbonyl (C=O) groups excluding carboxylic acids is 1. The van der Waals surface area contributed by atoms with Gasteiger partial charge in [0.05, 0.1) is 36.4 Å². The molecule has 0 aliphatic heterocycles. The second-order valence-corrected chi connectivity index (χ2v) is 9.84. The number of thioether (sulfide) groups is 1. The quantitative estimate of drug-likeness (QED) is 0.178. The number of carbonyl (C=O) groups is 1. The third kappa shape index (κ3) is 4.58. The van der Waals surface area contributed by atoms with Crippen molar-refractivity contribution in [1.82, 2.24) is 9.97 Å². The van der Waals surface area contributed by atoms with Crippen molar-refractivity contribution in [3.8, 4) is 10.7 Å². The van der Waals surface area contributed by atoms with Crippen LogP contribution in [-0.4, -0.2) is 21.1 Å². The summed E-state index contributed by atoms with van der Waals surface area (Å²) in [6.07, 6.45) is 0. The zero-order valence-electron chi connectivity index (χ0n) is 15.5. The maximum Gasteiger partial charge on any atom is 0.237 e. The molecule has 0 bridgehead atoms. The van der Waals surface area contributed by atoms with Gasteiger partial charge in [-0.05, 0) is 36.6 Å². The molecule has 2 aromatic carbocycles. The molecule has 30 heavy (non-hydrogen) atoms. The molecule has 1 amide bonds. The lowest BCUT2D eigenvalue weighted by atomic mass is 10.2. The van der Waals surface area contributed by atoms with Crippen LogP contribution in [0.4, 0.5) is 5.69 Å². The first-order valence-electron chi connectivity index (χ1n) is 8.85. The minimum atomic E-state index is -0.440. The van der Waals surface area contributed by atoms with Crippen LogP contribution in [0.15, 0.2) is 58.9 Å². The fourth-order valence-corrected chi connectivity index (χ4v) is 4.92. The zero-order valence-corrected chi connectivity index (χ0v) is 19.4. The van der Waals surface area contributed by atoms with E-state index < -0.39 is 5.25 Å². The molecular formula is C21H14Cl3N3OS2. The second kappa shape index (κ2) is 9.12. The van der Waals surface area contributed by atoms with Crippen molar-refractivity contribution in [1.29, 1.82) is 0 Å². The summed E-state index contributed by atoms with van der Waals surface area (Å²) < 4.78 is 0. The summed E-state index contributed by atoms with van der Waals surface area (Å²) >= 11 is 21.1. The van der Waals surface area contributed by atoms with Gasteiger partial charge in [-0.2, -0.15) is 0 Å². The monoisotopic (exact) mass is 493 g/mol. The number of nitrogens with zero attached hydrogens (tertiary/aromatic N) is 2. The fraction of sp³-hybridized carbons (Fsp3) is 0.0952. The van der Waals surface area contributed by atoms with E-state index in [4.69, 9.17) is 39.8 Å². The summed E-state index contributed by atoms with van der Waals surface area (Å²) in [7, 11) is 0. The number of aromatic nitrogens is 2. The molecule has 1 unspecified atom stereocenters. The van der Waals surface area contributed by atoms with Gasteiger partial charge in [-0.15, -0.1) is 11.3 Å². The lowest BCUT2D eigenvalue weighted by Gasteiger charge is -2.14. The van der Waals surface area contributed by atoms with E-state index in [2.05, 4.69) is 10.3 Å². The van der Waals surface area contributed by atoms with Gasteiger partial charge in [-0.3, -0.25) is 4.79 Å². The first kappa shape index (κ1) is 21.4. The maximum atomic E-state index is 12.8. The summed E-state index contributed by atoms with van der Waals surface area (Å²) in [5.41, 5.74) is 1.24. The van der Waals surface area contributed by atoms with E-state index in [1.165, 1.54) is 23.9 Å². The van der Waals surface area contributed by atoms with Crippen molar-refractivity contribution < 1.29 is 4.79 Å². The van der Waals surface area contributed by atoms with E-state index in [0.717, 1.165) is 20.8 Å². The molecule has 0 fully saturated rings. The average Bonchev–Trinajstić information content (AvgIpc) is 3.26. The smallest absolute Gasteiger partial charge is 0.237 e. The Labute approximate surface area is 196 Å². The molecule has 4 nitrogen and oxygen atoms in total. The van der Waals surface area contributed by atoms with E-state index >= 15 is 0 Å². The van der Waals surface area contributed by atoms with Gasteiger partial charge < -0.3 is 5.32 Å². The second-order valence-electron chi connectivity index (χ2n) is 6.34. The lowest BCUT2D eigenvalue weighted by Crippen LogP contribution is -2.22. The molecule has 0 aliphatic rings. The number of hydrogen-bond donors (Lipinski definition) is 1. The lowest BCUT2D eigenvalue weighted by molar-refractivity contribution is -0.115. The summed E-state index contributed by atoms with van der Waals surface area (Å²) in [4.78, 5) is 23.2. The van der Waals surface area contributed by atoms with Gasteiger partial charge in [0.15, 0.2) is 5.82 Å². The number of halogens is 3. The Morgan fingerprint density at radius 1 is 1.03 bits per heavy atom. The molecule has 0 spiro atoms. The Morgan fingerprint density at radius 3 is 2.57 bits per heavy atom. The van der Waals surface area contributed by atoms with Crippen molar-refractivity contribution in [2.75, 3.05) is 5.32 Å². The van der Waals surface area contributed by atoms with Crippen LogP contribution in [0.3, 0.4) is 0 Å². The first-order chi connectivity index (χ1) is 14.4. The number of benzene rings is 2. The number of thiophene rings is 1. The van der Waals surface area contributed by atoms with E-state index in [1.54, 1.807) is 11.3 Å². The Bertz CT molecular complexity index is 1230. The van der Waals surface area contributed by atoms with Gasteiger partial charge in [0.2, 0.25) is 5.91 Å². The third-order valence-electron chi connectivity index (χ3n) is 4.24. The van der Waals surface area contributed by atoms with Crippen LogP contribution in [0.5, 0.6) is 0 Å². The minimum absolute atomic E-state index is 0.222. The van der Waals surface area contributed by atoms with Gasteiger partial charge in [-0.1, -0.05) is 70.8 Å². The van der Waals surface area contributed by atoms with Crippen molar-refractivity contribution in [2.45, 2.75) is 17.2 Å². The molecule has 2 heterocycles. The van der Waals surface area contributed by atoms with Crippen LogP contribution >= 0.6 is 57.9 Å². The Balaban J connectivity index is 1.62. The highest BCUT2D eigenvalue weighted by Gasteiger charge is 2.20. The number of amides is 1. The molecule has 1 atom stereocenters. The molecule has 0 saturated heterocycles. The largest absolute Gasteiger partial charge is 0.324 e. The standard InChI is InChI=1S/C21H14Cl3N3OS2/c1-11(20(28)26-17-10-14(23)13(22)9-15(17)24)30-21-12-5-2-3-6-16(12)25-19(27-21)18-7-4-8-29-18/h2-11H,1H3,(H,26,28). The predicted molar refractivity (Wildman–Crippen MR) is 128 cm³/mol. The Kier molecular flexibility index (Phi) is 6.51. The Morgan fingerprint density at radius 2 is 1.80 bits per heavy atom. The van der Waals surface area contributed by atoms with Crippen LogP contribution in [0.25, 0.3) is 21.6 Å². The molecule has 1 N–H and O–H groups in total. The van der Waals surface area contributed by atoms with E-state index in [0.29, 0.717) is 26.6 Å². The molecule has 0 radical (unpaired) electrons. The van der Waals surface area contributed by atoms with Crippen molar-refractivity contribution in [2.24, 2.45) is 0 Å². The van der Waals surface area contributed by atoms with Crippen LogP contribution in [0.1, 0.15) is 6.92 Å². The van der Waals surface area contributed by atoms with E-state index in [1.807, 2.05) is 48.7 Å². The molecule has 152 valence electrons. The van der Waals surface area contributed by atoms with Gasteiger partial charge in [0.25, 0.3) is 0 Å².